The fourth-order valence-electron chi connectivity index (χ4n) is 2.31. The van der Waals surface area contributed by atoms with Gasteiger partial charge in [-0.2, -0.15) is 5.10 Å². The first-order chi connectivity index (χ1) is 11.9. The van der Waals surface area contributed by atoms with Gasteiger partial charge < -0.3 is 0 Å². The van der Waals surface area contributed by atoms with E-state index in [1.54, 1.807) is 41.2 Å². The Bertz CT molecular complexity index is 1050. The lowest BCUT2D eigenvalue weighted by atomic mass is 10.1. The normalized spacial score (nSPS) is 11.5. The summed E-state index contributed by atoms with van der Waals surface area (Å²) in [7, 11) is -1.89. The molecule has 9 heteroatoms. The predicted octanol–water partition coefficient (Wildman–Crippen LogP) is 3.33. The van der Waals surface area contributed by atoms with E-state index in [1.807, 2.05) is 13.2 Å². The molecule has 0 aliphatic heterocycles. The molecular weight excluding hydrogens is 397 g/mol. The van der Waals surface area contributed by atoms with Gasteiger partial charge in [0, 0.05) is 31.2 Å². The minimum atomic E-state index is -3.71. The predicted molar refractivity (Wildman–Crippen MR) is 103 cm³/mol. The van der Waals surface area contributed by atoms with Crippen LogP contribution in [-0.4, -0.2) is 27.4 Å². The van der Waals surface area contributed by atoms with Crippen LogP contribution in [0.5, 0.6) is 0 Å². The van der Waals surface area contributed by atoms with Gasteiger partial charge in [0.25, 0.3) is 10.0 Å². The minimum Gasteiger partial charge on any atom is -0.276 e. The summed E-state index contributed by atoms with van der Waals surface area (Å²) in [5.74, 6) is 0. The number of halogens is 2. The summed E-state index contributed by atoms with van der Waals surface area (Å²) in [4.78, 5) is 10.9. The van der Waals surface area contributed by atoms with Gasteiger partial charge >= 0.3 is 0 Å². The summed E-state index contributed by atoms with van der Waals surface area (Å²) < 4.78 is 28.1. The zero-order valence-corrected chi connectivity index (χ0v) is 16.0. The molecule has 0 N–H and O–H groups in total. The molecule has 0 aliphatic carbocycles. The number of aryl methyl sites for hydroxylation is 1. The highest BCUT2D eigenvalue weighted by Gasteiger charge is 2.16. The van der Waals surface area contributed by atoms with Crippen molar-refractivity contribution in [2.75, 3.05) is 0 Å². The van der Waals surface area contributed by atoms with Gasteiger partial charge in [-0.1, -0.05) is 12.1 Å². The summed E-state index contributed by atoms with van der Waals surface area (Å²) in [6.45, 7) is 0. The molecule has 6 nitrogen and oxygen atoms in total. The third kappa shape index (κ3) is 4.24. The van der Waals surface area contributed by atoms with Crippen LogP contribution in [0, 0.1) is 0 Å². The highest BCUT2D eigenvalue weighted by Crippen LogP contribution is 2.22. The van der Waals surface area contributed by atoms with Crippen molar-refractivity contribution >= 4 is 45.3 Å². The van der Waals surface area contributed by atoms with Crippen LogP contribution in [0.25, 0.3) is 17.2 Å². The number of carbonyl (C=O) groups excluding carboxylic acids is 1. The molecule has 0 amide bonds. The fraction of sp³-hybridized carbons (Fsp3) is 0.0588. The molecule has 0 aliphatic rings. The smallest absolute Gasteiger partial charge is 0.267 e. The summed E-state index contributed by atoms with van der Waals surface area (Å²) in [5.41, 5.74) is 2.35. The third-order valence-corrected chi connectivity index (χ3v) is 5.34. The molecule has 26 heavy (non-hydrogen) atoms. The molecule has 0 radical (unpaired) electrons. The average molecular weight is 412 g/mol. The van der Waals surface area contributed by atoms with E-state index in [0.717, 1.165) is 21.2 Å². The molecule has 0 saturated carbocycles. The number of aromatic nitrogens is 3. The van der Waals surface area contributed by atoms with Crippen LogP contribution in [0.2, 0.25) is 0 Å². The Morgan fingerprint density at radius 3 is 2.38 bits per heavy atom. The van der Waals surface area contributed by atoms with Crippen molar-refractivity contribution in [3.8, 4) is 11.1 Å². The van der Waals surface area contributed by atoms with Gasteiger partial charge in [0.15, 0.2) is 0 Å². The van der Waals surface area contributed by atoms with Crippen molar-refractivity contribution < 1.29 is 13.2 Å². The second-order valence-electron chi connectivity index (χ2n) is 5.34. The topological polar surface area (TPSA) is 74.0 Å². The highest BCUT2D eigenvalue weighted by molar-refractivity contribution is 7.90. The van der Waals surface area contributed by atoms with Crippen LogP contribution in [0.4, 0.5) is 0 Å². The molecule has 0 unspecified atom stereocenters. The molecule has 136 valence electrons. The van der Waals surface area contributed by atoms with Crippen LogP contribution in [0.15, 0.2) is 66.1 Å². The summed E-state index contributed by atoms with van der Waals surface area (Å²) in [6.07, 6.45) is 9.02. The standard InChI is InChI=1S/C17H14ClN3O3S.ClH/c1-20-12-15(10-19-20)14-3-5-16(6-4-14)25(23,24)21-9-8-13(11-21)2-7-17(18)22;/h2-12H,1H3;1H/b7-2+;. The van der Waals surface area contributed by atoms with Gasteiger partial charge in [0.1, 0.15) is 0 Å². The first-order valence-corrected chi connectivity index (χ1v) is 9.08. The van der Waals surface area contributed by atoms with Gasteiger partial charge in [-0.3, -0.25) is 9.48 Å². The van der Waals surface area contributed by atoms with Crippen molar-refractivity contribution in [3.05, 3.63) is 66.8 Å². The first kappa shape index (κ1) is 20.0. The van der Waals surface area contributed by atoms with Crippen molar-refractivity contribution in [1.82, 2.24) is 13.8 Å². The van der Waals surface area contributed by atoms with E-state index in [0.29, 0.717) is 5.56 Å². The Labute approximate surface area is 162 Å². The van der Waals surface area contributed by atoms with E-state index in [-0.39, 0.29) is 17.3 Å². The molecule has 0 bridgehead atoms. The molecular formula is C17H15Cl2N3O3S. The zero-order chi connectivity index (χ0) is 18.0. The summed E-state index contributed by atoms with van der Waals surface area (Å²) in [5, 5.41) is 3.48. The molecule has 3 aromatic rings. The number of benzene rings is 1. The van der Waals surface area contributed by atoms with Crippen LogP contribution >= 0.6 is 24.0 Å². The van der Waals surface area contributed by atoms with E-state index < -0.39 is 15.3 Å². The second kappa shape index (κ2) is 7.90. The molecule has 3 rings (SSSR count). The van der Waals surface area contributed by atoms with Gasteiger partial charge in [-0.05, 0) is 53.1 Å². The fourth-order valence-corrected chi connectivity index (χ4v) is 3.58. The maximum atomic E-state index is 12.7. The quantitative estimate of drug-likeness (QED) is 0.476. The van der Waals surface area contributed by atoms with Crippen LogP contribution < -0.4 is 0 Å². The zero-order valence-electron chi connectivity index (χ0n) is 13.6. The Morgan fingerprint density at radius 2 is 1.81 bits per heavy atom. The first-order valence-electron chi connectivity index (χ1n) is 7.26. The van der Waals surface area contributed by atoms with Crippen molar-refractivity contribution in [1.29, 1.82) is 0 Å². The lowest BCUT2D eigenvalue weighted by Gasteiger charge is -2.06. The Morgan fingerprint density at radius 1 is 1.12 bits per heavy atom. The van der Waals surface area contributed by atoms with Crippen molar-refractivity contribution in [2.24, 2.45) is 7.05 Å². The van der Waals surface area contributed by atoms with Crippen LogP contribution in [0.1, 0.15) is 5.56 Å². The number of rotatable bonds is 5. The van der Waals surface area contributed by atoms with E-state index >= 15 is 0 Å². The molecule has 0 fully saturated rings. The Hall–Kier alpha value is -2.35. The van der Waals surface area contributed by atoms with Gasteiger partial charge in [-0.25, -0.2) is 12.4 Å². The maximum Gasteiger partial charge on any atom is 0.267 e. The average Bonchev–Trinajstić information content (AvgIpc) is 3.22. The van der Waals surface area contributed by atoms with E-state index in [2.05, 4.69) is 5.10 Å². The Balaban J connectivity index is 0.00000243. The van der Waals surface area contributed by atoms with E-state index in [9.17, 15) is 13.2 Å². The maximum absolute atomic E-state index is 12.7. The molecule has 1 aromatic carbocycles. The third-order valence-electron chi connectivity index (χ3n) is 3.56. The number of hydrogen-bond donors (Lipinski definition) is 0. The molecule has 2 heterocycles. The minimum absolute atomic E-state index is 0. The molecule has 0 spiro atoms. The van der Waals surface area contributed by atoms with E-state index in [1.165, 1.54) is 18.5 Å². The number of hydrogen-bond acceptors (Lipinski definition) is 4. The Kier molecular flexibility index (Phi) is 6.07. The molecule has 0 saturated heterocycles. The van der Waals surface area contributed by atoms with Crippen molar-refractivity contribution in [3.63, 3.8) is 0 Å². The largest absolute Gasteiger partial charge is 0.276 e. The lowest BCUT2D eigenvalue weighted by molar-refractivity contribution is -0.107. The SMILES string of the molecule is Cl.Cn1cc(-c2ccc(S(=O)(=O)n3ccc(/C=C/C(=O)Cl)c3)cc2)cn1. The number of nitrogens with zero attached hydrogens (tertiary/aromatic N) is 3. The van der Waals surface area contributed by atoms with Crippen LogP contribution in [-0.2, 0) is 21.9 Å². The molecule has 2 aromatic heterocycles. The van der Waals surface area contributed by atoms with Gasteiger partial charge in [-0.15, -0.1) is 12.4 Å². The lowest BCUT2D eigenvalue weighted by Crippen LogP contribution is -2.10. The number of carbonyl (C=O) groups is 1. The highest BCUT2D eigenvalue weighted by atomic mass is 35.5. The summed E-state index contributed by atoms with van der Waals surface area (Å²) >= 11 is 5.23. The number of allylic oxidation sites excluding steroid dienone is 1. The van der Waals surface area contributed by atoms with Gasteiger partial charge in [0.05, 0.1) is 11.1 Å². The molecule has 0 atom stereocenters. The monoisotopic (exact) mass is 411 g/mol. The van der Waals surface area contributed by atoms with Gasteiger partial charge in [0.2, 0.25) is 5.24 Å². The van der Waals surface area contributed by atoms with E-state index in [4.69, 9.17) is 11.6 Å². The summed E-state index contributed by atoms with van der Waals surface area (Å²) in [6, 6.07) is 8.16. The van der Waals surface area contributed by atoms with Crippen molar-refractivity contribution in [2.45, 2.75) is 4.90 Å². The second-order valence-corrected chi connectivity index (χ2v) is 7.56. The van der Waals surface area contributed by atoms with Crippen LogP contribution in [0.3, 0.4) is 0 Å².